The molecule has 2 aromatic carbocycles. The molecule has 0 fully saturated rings. The molecule has 0 aliphatic rings. The molecule has 0 atom stereocenters. The van der Waals surface area contributed by atoms with Gasteiger partial charge in [-0.3, -0.25) is 14.9 Å². The van der Waals surface area contributed by atoms with Crippen LogP contribution in [0.4, 0.5) is 5.69 Å². The molecule has 2 rings (SSSR count). The lowest BCUT2D eigenvalue weighted by atomic mass is 10.2. The standard InChI is InChI=1S/C19H19ClN2O6/c1-3-21(4-2)18(23)12-27-19(24)13-5-8-15(9-6-13)28-17-10-7-14(20)11-16(17)22(25)26/h5-11H,3-4,12H2,1-2H3. The van der Waals surface area contributed by atoms with Gasteiger partial charge in [0.25, 0.3) is 5.91 Å². The van der Waals surface area contributed by atoms with Crippen molar-refractivity contribution < 1.29 is 24.0 Å². The molecule has 0 N–H and O–H groups in total. The number of likely N-dealkylation sites (N-methyl/N-ethyl adjacent to an activating group) is 1. The van der Waals surface area contributed by atoms with Crippen LogP contribution in [-0.4, -0.2) is 41.4 Å². The van der Waals surface area contributed by atoms with Crippen molar-refractivity contribution in [2.75, 3.05) is 19.7 Å². The molecule has 0 saturated carbocycles. The number of carbonyl (C=O) groups is 2. The van der Waals surface area contributed by atoms with Crippen LogP contribution in [0.5, 0.6) is 11.5 Å². The van der Waals surface area contributed by atoms with Crippen LogP contribution in [0.15, 0.2) is 42.5 Å². The van der Waals surface area contributed by atoms with Gasteiger partial charge in [0.2, 0.25) is 5.75 Å². The smallest absolute Gasteiger partial charge is 0.338 e. The Hall–Kier alpha value is -3.13. The number of nitrogens with zero attached hydrogens (tertiary/aromatic N) is 2. The fourth-order valence-corrected chi connectivity index (χ4v) is 2.55. The molecule has 2 aromatic rings. The average Bonchev–Trinajstić information content (AvgIpc) is 2.68. The summed E-state index contributed by atoms with van der Waals surface area (Å²) in [5.74, 6) is -0.603. The van der Waals surface area contributed by atoms with Crippen molar-refractivity contribution in [3.8, 4) is 11.5 Å². The topological polar surface area (TPSA) is 99.0 Å². The molecular formula is C19H19ClN2O6. The minimum Gasteiger partial charge on any atom is -0.452 e. The van der Waals surface area contributed by atoms with E-state index in [0.717, 1.165) is 0 Å². The van der Waals surface area contributed by atoms with Crippen molar-refractivity contribution in [1.82, 2.24) is 4.90 Å². The first-order valence-corrected chi connectivity index (χ1v) is 8.90. The largest absolute Gasteiger partial charge is 0.452 e. The van der Waals surface area contributed by atoms with E-state index in [9.17, 15) is 19.7 Å². The summed E-state index contributed by atoms with van der Waals surface area (Å²) in [5.41, 5.74) is -0.0452. The third kappa shape index (κ3) is 5.43. The van der Waals surface area contributed by atoms with Crippen molar-refractivity contribution in [3.05, 3.63) is 63.2 Å². The first-order chi connectivity index (χ1) is 13.3. The monoisotopic (exact) mass is 406 g/mol. The maximum atomic E-state index is 12.1. The van der Waals surface area contributed by atoms with Crippen molar-refractivity contribution >= 4 is 29.2 Å². The fourth-order valence-electron chi connectivity index (χ4n) is 2.38. The average molecular weight is 407 g/mol. The molecule has 0 aliphatic heterocycles. The summed E-state index contributed by atoms with van der Waals surface area (Å²) in [6, 6.07) is 9.89. The van der Waals surface area contributed by atoms with Crippen LogP contribution in [0.25, 0.3) is 0 Å². The maximum absolute atomic E-state index is 12.1. The zero-order chi connectivity index (χ0) is 20.7. The van der Waals surface area contributed by atoms with Gasteiger partial charge in [0, 0.05) is 24.2 Å². The number of benzene rings is 2. The van der Waals surface area contributed by atoms with Crippen molar-refractivity contribution in [3.63, 3.8) is 0 Å². The molecule has 9 heteroatoms. The third-order valence-electron chi connectivity index (χ3n) is 3.88. The Kier molecular flexibility index (Phi) is 7.34. The maximum Gasteiger partial charge on any atom is 0.338 e. The zero-order valence-electron chi connectivity index (χ0n) is 15.4. The van der Waals surface area contributed by atoms with Gasteiger partial charge in [-0.2, -0.15) is 0 Å². The molecule has 0 heterocycles. The Morgan fingerprint density at radius 3 is 2.32 bits per heavy atom. The van der Waals surface area contributed by atoms with Crippen LogP contribution in [0, 0.1) is 10.1 Å². The summed E-state index contributed by atoms with van der Waals surface area (Å²) in [7, 11) is 0. The molecule has 28 heavy (non-hydrogen) atoms. The van der Waals surface area contributed by atoms with Crippen LogP contribution in [0.3, 0.4) is 0 Å². The number of rotatable bonds is 8. The predicted molar refractivity (Wildman–Crippen MR) is 103 cm³/mol. The normalized spacial score (nSPS) is 10.2. The lowest BCUT2D eigenvalue weighted by Gasteiger charge is -2.18. The van der Waals surface area contributed by atoms with Gasteiger partial charge in [0.1, 0.15) is 5.75 Å². The first-order valence-electron chi connectivity index (χ1n) is 8.52. The van der Waals surface area contributed by atoms with Crippen LogP contribution in [0.2, 0.25) is 5.02 Å². The molecule has 0 aliphatic carbocycles. The molecule has 8 nitrogen and oxygen atoms in total. The molecule has 0 spiro atoms. The van der Waals surface area contributed by atoms with E-state index in [1.165, 1.54) is 42.5 Å². The summed E-state index contributed by atoms with van der Waals surface area (Å²) in [6.07, 6.45) is 0. The van der Waals surface area contributed by atoms with E-state index < -0.39 is 10.9 Å². The predicted octanol–water partition coefficient (Wildman–Crippen LogP) is 4.07. The van der Waals surface area contributed by atoms with Crippen LogP contribution < -0.4 is 4.74 Å². The number of ether oxygens (including phenoxy) is 2. The van der Waals surface area contributed by atoms with Crippen molar-refractivity contribution in [2.45, 2.75) is 13.8 Å². The highest BCUT2D eigenvalue weighted by atomic mass is 35.5. The minimum atomic E-state index is -0.649. The fraction of sp³-hybridized carbons (Fsp3) is 0.263. The third-order valence-corrected chi connectivity index (χ3v) is 4.11. The van der Waals surface area contributed by atoms with E-state index in [4.69, 9.17) is 21.1 Å². The highest BCUT2D eigenvalue weighted by Gasteiger charge is 2.17. The summed E-state index contributed by atoms with van der Waals surface area (Å²) in [6.45, 7) is 4.42. The van der Waals surface area contributed by atoms with E-state index in [2.05, 4.69) is 0 Å². The summed E-state index contributed by atoms with van der Waals surface area (Å²) in [5, 5.41) is 11.3. The molecular weight excluding hydrogens is 388 g/mol. The van der Waals surface area contributed by atoms with Gasteiger partial charge in [-0.1, -0.05) is 11.6 Å². The van der Waals surface area contributed by atoms with E-state index in [0.29, 0.717) is 18.8 Å². The van der Waals surface area contributed by atoms with Gasteiger partial charge in [-0.15, -0.1) is 0 Å². The molecule has 0 unspecified atom stereocenters. The number of esters is 1. The van der Waals surface area contributed by atoms with Gasteiger partial charge < -0.3 is 14.4 Å². The number of carbonyl (C=O) groups excluding carboxylic acids is 2. The van der Waals surface area contributed by atoms with Crippen LogP contribution in [0.1, 0.15) is 24.2 Å². The Morgan fingerprint density at radius 1 is 1.11 bits per heavy atom. The highest BCUT2D eigenvalue weighted by Crippen LogP contribution is 2.33. The zero-order valence-corrected chi connectivity index (χ0v) is 16.1. The Balaban J connectivity index is 2.03. The SMILES string of the molecule is CCN(CC)C(=O)COC(=O)c1ccc(Oc2ccc(Cl)cc2[N+](=O)[O-])cc1. The molecule has 0 radical (unpaired) electrons. The number of amides is 1. The molecule has 0 aromatic heterocycles. The number of hydrogen-bond acceptors (Lipinski definition) is 6. The van der Waals surface area contributed by atoms with E-state index in [1.807, 2.05) is 13.8 Å². The number of nitro benzene ring substituents is 1. The lowest BCUT2D eigenvalue weighted by molar-refractivity contribution is -0.385. The van der Waals surface area contributed by atoms with E-state index in [-0.39, 0.29) is 34.5 Å². The highest BCUT2D eigenvalue weighted by molar-refractivity contribution is 6.30. The van der Waals surface area contributed by atoms with Crippen LogP contribution >= 0.6 is 11.6 Å². The van der Waals surface area contributed by atoms with Gasteiger partial charge in [0.15, 0.2) is 6.61 Å². The summed E-state index contributed by atoms with van der Waals surface area (Å²) in [4.78, 5) is 36.0. The van der Waals surface area contributed by atoms with Gasteiger partial charge in [-0.05, 0) is 50.2 Å². The van der Waals surface area contributed by atoms with E-state index in [1.54, 1.807) is 4.90 Å². The van der Waals surface area contributed by atoms with E-state index >= 15 is 0 Å². The van der Waals surface area contributed by atoms with Gasteiger partial charge in [-0.25, -0.2) is 4.79 Å². The minimum absolute atomic E-state index is 0.0227. The first kappa shape index (κ1) is 21.2. The quantitative estimate of drug-likeness (QED) is 0.372. The second kappa shape index (κ2) is 9.70. The number of nitro groups is 1. The Bertz CT molecular complexity index is 865. The summed E-state index contributed by atoms with van der Waals surface area (Å²) >= 11 is 5.77. The molecule has 0 bridgehead atoms. The van der Waals surface area contributed by atoms with Gasteiger partial charge >= 0.3 is 11.7 Å². The summed E-state index contributed by atoms with van der Waals surface area (Å²) < 4.78 is 10.5. The number of hydrogen-bond donors (Lipinski definition) is 0. The molecule has 1 amide bonds. The molecule has 148 valence electrons. The van der Waals surface area contributed by atoms with Crippen molar-refractivity contribution in [2.24, 2.45) is 0 Å². The van der Waals surface area contributed by atoms with Crippen LogP contribution in [-0.2, 0) is 9.53 Å². The second-order valence-corrected chi connectivity index (χ2v) is 6.07. The van der Waals surface area contributed by atoms with Crippen molar-refractivity contribution in [1.29, 1.82) is 0 Å². The number of halogens is 1. The Morgan fingerprint density at radius 2 is 1.75 bits per heavy atom. The second-order valence-electron chi connectivity index (χ2n) is 5.64. The molecule has 0 saturated heterocycles. The Labute approximate surface area is 166 Å². The van der Waals surface area contributed by atoms with Gasteiger partial charge in [0.05, 0.1) is 10.5 Å². The lowest BCUT2D eigenvalue weighted by Crippen LogP contribution is -2.34.